The third-order valence-corrected chi connectivity index (χ3v) is 3.07. The van der Waals surface area contributed by atoms with E-state index in [4.69, 9.17) is 16.3 Å². The van der Waals surface area contributed by atoms with Crippen LogP contribution in [0.2, 0.25) is 0 Å². The second-order valence-electron chi connectivity index (χ2n) is 4.18. The molecule has 6 heteroatoms. The van der Waals surface area contributed by atoms with Gasteiger partial charge in [-0.05, 0) is 19.8 Å². The molecule has 3 amide bonds. The molecule has 1 heterocycles. The number of nitrogens with one attached hydrogen (secondary N) is 2. The second kappa shape index (κ2) is 6.81. The summed E-state index contributed by atoms with van der Waals surface area (Å²) in [7, 11) is 0. The lowest BCUT2D eigenvalue weighted by atomic mass is 10.00. The van der Waals surface area contributed by atoms with Crippen molar-refractivity contribution in [3.8, 4) is 0 Å². The van der Waals surface area contributed by atoms with E-state index in [-0.39, 0.29) is 6.10 Å². The zero-order chi connectivity index (χ0) is 12.8. The largest absolute Gasteiger partial charge is 0.378 e. The van der Waals surface area contributed by atoms with Gasteiger partial charge in [0.05, 0.1) is 6.10 Å². The lowest BCUT2D eigenvalue weighted by molar-refractivity contribution is -0.119. The van der Waals surface area contributed by atoms with Gasteiger partial charge in [-0.2, -0.15) is 0 Å². The Kier molecular flexibility index (Phi) is 5.71. The normalized spacial score (nSPS) is 25.4. The zero-order valence-corrected chi connectivity index (χ0v) is 10.9. The molecule has 5 nitrogen and oxygen atoms in total. The molecule has 0 bridgehead atoms. The number of imide groups is 1. The van der Waals surface area contributed by atoms with Crippen LogP contribution in [-0.2, 0) is 9.53 Å². The van der Waals surface area contributed by atoms with Crippen molar-refractivity contribution in [2.24, 2.45) is 5.92 Å². The van der Waals surface area contributed by atoms with Crippen molar-refractivity contribution in [3.05, 3.63) is 0 Å². The summed E-state index contributed by atoms with van der Waals surface area (Å²) >= 11 is 5.53. The first-order chi connectivity index (χ1) is 8.04. The summed E-state index contributed by atoms with van der Waals surface area (Å²) in [6.45, 7) is 4.84. The van der Waals surface area contributed by atoms with Crippen LogP contribution in [0.1, 0.15) is 26.7 Å². The Labute approximate surface area is 106 Å². The van der Waals surface area contributed by atoms with Gasteiger partial charge in [-0.15, -0.1) is 11.6 Å². The van der Waals surface area contributed by atoms with Crippen molar-refractivity contribution >= 4 is 23.5 Å². The maximum absolute atomic E-state index is 11.4. The number of carbonyl (C=O) groups excluding carboxylic acids is 2. The van der Waals surface area contributed by atoms with E-state index in [0.717, 1.165) is 19.4 Å². The highest BCUT2D eigenvalue weighted by Crippen LogP contribution is 2.22. The van der Waals surface area contributed by atoms with Crippen molar-refractivity contribution in [2.75, 3.05) is 13.2 Å². The Morgan fingerprint density at radius 3 is 2.82 bits per heavy atom. The van der Waals surface area contributed by atoms with Crippen molar-refractivity contribution in [2.45, 2.75) is 38.2 Å². The summed E-state index contributed by atoms with van der Waals surface area (Å²) in [5.41, 5.74) is 0. The van der Waals surface area contributed by atoms with Crippen LogP contribution in [0.5, 0.6) is 0 Å². The molecule has 1 rings (SSSR count). The molecule has 1 fully saturated rings. The third kappa shape index (κ3) is 4.52. The van der Waals surface area contributed by atoms with E-state index in [2.05, 4.69) is 17.6 Å². The maximum Gasteiger partial charge on any atom is 0.321 e. The number of hydrogen-bond donors (Lipinski definition) is 2. The molecule has 3 unspecified atom stereocenters. The van der Waals surface area contributed by atoms with Crippen molar-refractivity contribution in [3.63, 3.8) is 0 Å². The third-order valence-electron chi connectivity index (χ3n) is 2.87. The Bertz CT molecular complexity index is 284. The lowest BCUT2D eigenvalue weighted by Crippen LogP contribution is -2.44. The van der Waals surface area contributed by atoms with Crippen molar-refractivity contribution in [1.82, 2.24) is 10.6 Å². The summed E-state index contributed by atoms with van der Waals surface area (Å²) in [4.78, 5) is 22.5. The summed E-state index contributed by atoms with van der Waals surface area (Å²) in [5.74, 6) is -0.159. The molecule has 3 atom stereocenters. The Morgan fingerprint density at radius 2 is 2.24 bits per heavy atom. The highest BCUT2D eigenvalue weighted by molar-refractivity contribution is 6.31. The predicted octanol–water partition coefficient (Wildman–Crippen LogP) is 1.25. The molecule has 0 aromatic rings. The van der Waals surface area contributed by atoms with Crippen LogP contribution in [-0.4, -0.2) is 36.6 Å². The first-order valence-electron chi connectivity index (χ1n) is 5.89. The number of alkyl halides is 1. The summed E-state index contributed by atoms with van der Waals surface area (Å²) in [5, 5.41) is 4.13. The van der Waals surface area contributed by atoms with E-state index in [1.165, 1.54) is 6.92 Å². The van der Waals surface area contributed by atoms with Crippen LogP contribution < -0.4 is 10.6 Å². The van der Waals surface area contributed by atoms with E-state index in [1.54, 1.807) is 0 Å². The minimum Gasteiger partial charge on any atom is -0.378 e. The van der Waals surface area contributed by atoms with E-state index >= 15 is 0 Å². The van der Waals surface area contributed by atoms with Gasteiger partial charge in [0.15, 0.2) is 0 Å². The van der Waals surface area contributed by atoms with Gasteiger partial charge in [0.1, 0.15) is 5.38 Å². The first kappa shape index (κ1) is 14.3. The molecular weight excluding hydrogens is 244 g/mol. The molecule has 0 saturated carbocycles. The van der Waals surface area contributed by atoms with Crippen LogP contribution in [0.4, 0.5) is 4.79 Å². The average Bonchev–Trinajstić information content (AvgIpc) is 2.73. The zero-order valence-electron chi connectivity index (χ0n) is 10.2. The van der Waals surface area contributed by atoms with E-state index < -0.39 is 17.3 Å². The Hall–Kier alpha value is -0.810. The minimum atomic E-state index is -0.709. The molecule has 0 radical (unpaired) electrons. The average molecular weight is 263 g/mol. The van der Waals surface area contributed by atoms with Gasteiger partial charge in [-0.25, -0.2) is 4.79 Å². The van der Waals surface area contributed by atoms with Crippen LogP contribution in [0.25, 0.3) is 0 Å². The van der Waals surface area contributed by atoms with E-state index in [9.17, 15) is 9.59 Å². The van der Waals surface area contributed by atoms with Gasteiger partial charge in [0.25, 0.3) is 0 Å². The number of rotatable bonds is 4. The summed E-state index contributed by atoms with van der Waals surface area (Å²) in [6.07, 6.45) is 2.09. The number of carbonyl (C=O) groups is 2. The van der Waals surface area contributed by atoms with Crippen LogP contribution in [0, 0.1) is 5.92 Å². The molecule has 1 aliphatic rings. The molecule has 98 valence electrons. The van der Waals surface area contributed by atoms with Gasteiger partial charge < -0.3 is 10.1 Å². The molecule has 2 N–H and O–H groups in total. The van der Waals surface area contributed by atoms with Gasteiger partial charge in [0, 0.05) is 19.1 Å². The second-order valence-corrected chi connectivity index (χ2v) is 4.84. The van der Waals surface area contributed by atoms with Crippen LogP contribution in [0.3, 0.4) is 0 Å². The van der Waals surface area contributed by atoms with Crippen molar-refractivity contribution < 1.29 is 14.3 Å². The molecule has 0 spiro atoms. The van der Waals surface area contributed by atoms with Crippen LogP contribution >= 0.6 is 11.6 Å². The fourth-order valence-electron chi connectivity index (χ4n) is 1.86. The molecular formula is C11H19ClN2O3. The molecule has 1 saturated heterocycles. The number of hydrogen-bond acceptors (Lipinski definition) is 3. The number of halogens is 1. The maximum atomic E-state index is 11.4. The smallest absolute Gasteiger partial charge is 0.321 e. The van der Waals surface area contributed by atoms with E-state index in [0.29, 0.717) is 12.5 Å². The SMILES string of the molecule is CCC1OCCC1CNC(=O)NC(=O)C(C)Cl. The summed E-state index contributed by atoms with van der Waals surface area (Å²) < 4.78 is 5.51. The highest BCUT2D eigenvalue weighted by Gasteiger charge is 2.27. The monoisotopic (exact) mass is 262 g/mol. The van der Waals surface area contributed by atoms with Gasteiger partial charge in [-0.1, -0.05) is 6.92 Å². The number of ether oxygens (including phenoxy) is 1. The standard InChI is InChI=1S/C11H19ClN2O3/c1-3-9-8(4-5-17-9)6-13-11(16)14-10(15)7(2)12/h7-9H,3-6H2,1-2H3,(H2,13,14,15,16). The van der Waals surface area contributed by atoms with Crippen molar-refractivity contribution in [1.29, 1.82) is 0 Å². The predicted molar refractivity (Wildman–Crippen MR) is 65.0 cm³/mol. The minimum absolute atomic E-state index is 0.206. The number of amides is 3. The number of urea groups is 1. The van der Waals surface area contributed by atoms with Gasteiger partial charge in [0.2, 0.25) is 5.91 Å². The molecule has 0 aromatic carbocycles. The molecule has 0 aliphatic carbocycles. The molecule has 17 heavy (non-hydrogen) atoms. The lowest BCUT2D eigenvalue weighted by Gasteiger charge is -2.17. The highest BCUT2D eigenvalue weighted by atomic mass is 35.5. The van der Waals surface area contributed by atoms with Gasteiger partial charge >= 0.3 is 6.03 Å². The fraction of sp³-hybridized carbons (Fsp3) is 0.818. The quantitative estimate of drug-likeness (QED) is 0.750. The van der Waals surface area contributed by atoms with E-state index in [1.807, 2.05) is 0 Å². The Morgan fingerprint density at radius 1 is 1.53 bits per heavy atom. The summed E-state index contributed by atoms with van der Waals surface area (Å²) in [6, 6.07) is -0.496. The molecule has 0 aromatic heterocycles. The first-order valence-corrected chi connectivity index (χ1v) is 6.32. The Balaban J connectivity index is 2.26. The molecule has 1 aliphatic heterocycles. The fourth-order valence-corrected chi connectivity index (χ4v) is 1.91. The van der Waals surface area contributed by atoms with Gasteiger partial charge in [-0.3, -0.25) is 10.1 Å². The van der Waals surface area contributed by atoms with Crippen LogP contribution in [0.15, 0.2) is 0 Å². The topological polar surface area (TPSA) is 67.4 Å².